The van der Waals surface area contributed by atoms with Crippen molar-refractivity contribution in [3.05, 3.63) is 5.82 Å². The second-order valence-corrected chi connectivity index (χ2v) is 3.23. The van der Waals surface area contributed by atoms with Crippen LogP contribution in [0, 0.1) is 6.92 Å². The van der Waals surface area contributed by atoms with Crippen molar-refractivity contribution in [2.75, 3.05) is 5.73 Å². The van der Waals surface area contributed by atoms with Crippen LogP contribution in [-0.2, 0) is 6.54 Å². The van der Waals surface area contributed by atoms with Gasteiger partial charge in [0, 0.05) is 6.54 Å². The summed E-state index contributed by atoms with van der Waals surface area (Å²) in [6, 6.07) is 0. The summed E-state index contributed by atoms with van der Waals surface area (Å²) in [5, 5.41) is 0. The van der Waals surface area contributed by atoms with E-state index in [0.717, 1.165) is 18.0 Å². The highest BCUT2D eigenvalue weighted by Crippen LogP contribution is 2.15. The molecule has 2 N–H and O–H groups in total. The Morgan fingerprint density at radius 1 is 1.36 bits per heavy atom. The van der Waals surface area contributed by atoms with E-state index in [4.69, 9.17) is 5.73 Å². The van der Waals surface area contributed by atoms with Crippen LogP contribution in [-0.4, -0.2) is 27.4 Å². The topological polar surface area (TPSA) is 69.6 Å². The normalized spacial score (nSPS) is 11.0. The largest absolute Gasteiger partial charge is 0.382 e. The van der Waals surface area contributed by atoms with Gasteiger partial charge in [-0.05, 0) is 13.8 Å². The zero-order valence-corrected chi connectivity index (χ0v) is 8.57. The van der Waals surface area contributed by atoms with Crippen LogP contribution in [0.25, 0.3) is 11.2 Å². The molecule has 2 aromatic rings. The van der Waals surface area contributed by atoms with Crippen molar-refractivity contribution < 1.29 is 0 Å². The number of rotatable bonds is 1. The Labute approximate surface area is 82.8 Å². The first-order chi connectivity index (χ1) is 6.63. The molecule has 0 saturated heterocycles. The molecule has 6 heteroatoms. The number of aromatic nitrogens is 4. The van der Waals surface area contributed by atoms with E-state index in [-0.39, 0.29) is 0 Å². The Kier molecular flexibility index (Phi) is 1.91. The third-order valence-corrected chi connectivity index (χ3v) is 2.24. The summed E-state index contributed by atoms with van der Waals surface area (Å²) in [5.74, 6) is 1.39. The van der Waals surface area contributed by atoms with Gasteiger partial charge >= 0.3 is 0 Å². The van der Waals surface area contributed by atoms with Gasteiger partial charge in [0.15, 0.2) is 19.3 Å². The summed E-state index contributed by atoms with van der Waals surface area (Å²) in [5.41, 5.74) is 7.98. The van der Waals surface area contributed by atoms with Gasteiger partial charge in [-0.2, -0.15) is 0 Å². The van der Waals surface area contributed by atoms with Crippen molar-refractivity contribution in [2.24, 2.45) is 0 Å². The molecule has 0 spiro atoms. The molecule has 5 nitrogen and oxygen atoms in total. The smallest absolute Gasteiger partial charge is 0.189 e. The van der Waals surface area contributed by atoms with Crippen molar-refractivity contribution >= 4 is 30.6 Å². The zero-order chi connectivity index (χ0) is 10.3. The predicted molar refractivity (Wildman–Crippen MR) is 58.3 cm³/mol. The first-order valence-electron chi connectivity index (χ1n) is 4.60. The molecule has 2 heterocycles. The second kappa shape index (κ2) is 2.97. The summed E-state index contributed by atoms with van der Waals surface area (Å²) in [6.45, 7) is 4.85. The quantitative estimate of drug-likeness (QED) is 0.584. The van der Waals surface area contributed by atoms with E-state index in [1.165, 1.54) is 0 Å². The molecule has 0 aliphatic heterocycles. The van der Waals surface area contributed by atoms with Crippen LogP contribution in [0.1, 0.15) is 12.7 Å². The molecule has 0 atom stereocenters. The molecule has 0 aliphatic rings. The van der Waals surface area contributed by atoms with Crippen LogP contribution in [0.15, 0.2) is 0 Å². The average molecular weight is 189 g/mol. The number of nitrogens with zero attached hydrogens (tertiary/aromatic N) is 4. The van der Waals surface area contributed by atoms with Crippen LogP contribution in [0.5, 0.6) is 0 Å². The van der Waals surface area contributed by atoms with Gasteiger partial charge in [-0.25, -0.2) is 15.0 Å². The van der Waals surface area contributed by atoms with Crippen molar-refractivity contribution in [2.45, 2.75) is 20.4 Å². The molecule has 0 unspecified atom stereocenters. The van der Waals surface area contributed by atoms with Gasteiger partial charge in [0.2, 0.25) is 0 Å². The van der Waals surface area contributed by atoms with Crippen molar-refractivity contribution in [1.29, 1.82) is 0 Å². The highest BCUT2D eigenvalue weighted by atomic mass is 15.1. The first-order valence-corrected chi connectivity index (χ1v) is 4.60. The van der Waals surface area contributed by atoms with Gasteiger partial charge < -0.3 is 10.3 Å². The maximum Gasteiger partial charge on any atom is 0.189 e. The third-order valence-electron chi connectivity index (χ3n) is 2.24. The van der Waals surface area contributed by atoms with Crippen molar-refractivity contribution in [1.82, 2.24) is 19.5 Å². The standard InChI is InChI=1S/C8H12BN5/c1-3-14-4(2)11-5-6(10)12-8(9)13-7(5)14/h3,9H2,1-2H3,(H2,10,12,13). The molecule has 0 radical (unpaired) electrons. The third kappa shape index (κ3) is 1.14. The highest BCUT2D eigenvalue weighted by molar-refractivity contribution is 6.29. The predicted octanol–water partition coefficient (Wildman–Crippen LogP) is -1.00. The van der Waals surface area contributed by atoms with E-state index in [0.29, 0.717) is 17.1 Å². The fourth-order valence-corrected chi connectivity index (χ4v) is 1.62. The summed E-state index contributed by atoms with van der Waals surface area (Å²) in [4.78, 5) is 12.8. The minimum Gasteiger partial charge on any atom is -0.382 e. The first kappa shape index (κ1) is 8.99. The van der Waals surface area contributed by atoms with E-state index in [1.807, 2.05) is 19.3 Å². The van der Waals surface area contributed by atoms with Gasteiger partial charge in [0.05, 0.1) is 5.72 Å². The molecule has 0 saturated carbocycles. The van der Waals surface area contributed by atoms with Crippen LogP contribution in [0.2, 0.25) is 0 Å². The van der Waals surface area contributed by atoms with E-state index in [1.54, 1.807) is 0 Å². The van der Waals surface area contributed by atoms with Gasteiger partial charge in [0.1, 0.15) is 11.3 Å². The molecule has 0 fully saturated rings. The number of nitrogen functional groups attached to an aromatic ring is 1. The van der Waals surface area contributed by atoms with Gasteiger partial charge in [0.25, 0.3) is 0 Å². The van der Waals surface area contributed by atoms with Crippen LogP contribution in [0.3, 0.4) is 0 Å². The van der Waals surface area contributed by atoms with Crippen LogP contribution < -0.4 is 11.5 Å². The lowest BCUT2D eigenvalue weighted by molar-refractivity contribution is 0.746. The Balaban J connectivity index is 2.87. The fraction of sp³-hybridized carbons (Fsp3) is 0.375. The summed E-state index contributed by atoms with van der Waals surface area (Å²) in [6.07, 6.45) is 0. The molecular formula is C8H12BN5. The lowest BCUT2D eigenvalue weighted by Crippen LogP contribution is -2.16. The molecule has 2 rings (SSSR count). The van der Waals surface area contributed by atoms with Crippen molar-refractivity contribution in [3.63, 3.8) is 0 Å². The van der Waals surface area contributed by atoms with Crippen LogP contribution >= 0.6 is 0 Å². The molecular weight excluding hydrogens is 177 g/mol. The van der Waals surface area contributed by atoms with Gasteiger partial charge in [-0.15, -0.1) is 0 Å². The van der Waals surface area contributed by atoms with Crippen molar-refractivity contribution in [3.8, 4) is 0 Å². The zero-order valence-electron chi connectivity index (χ0n) is 8.57. The minimum absolute atomic E-state index is 0.461. The average Bonchev–Trinajstić information content (AvgIpc) is 2.41. The number of nitrogens with two attached hydrogens (primary N) is 1. The Bertz CT molecular complexity index is 490. The number of fused-ring (bicyclic) bond motifs is 1. The number of hydrogen-bond donors (Lipinski definition) is 1. The number of hydrogen-bond acceptors (Lipinski definition) is 4. The maximum absolute atomic E-state index is 5.77. The molecule has 0 amide bonds. The monoisotopic (exact) mass is 189 g/mol. The molecule has 2 aromatic heterocycles. The van der Waals surface area contributed by atoms with E-state index >= 15 is 0 Å². The van der Waals surface area contributed by atoms with Gasteiger partial charge in [-0.1, -0.05) is 0 Å². The molecule has 0 aliphatic carbocycles. The Morgan fingerprint density at radius 3 is 2.71 bits per heavy atom. The van der Waals surface area contributed by atoms with Crippen LogP contribution in [0.4, 0.5) is 5.82 Å². The Morgan fingerprint density at radius 2 is 2.07 bits per heavy atom. The summed E-state index contributed by atoms with van der Waals surface area (Å²) in [7, 11) is 1.83. The van der Waals surface area contributed by atoms with E-state index in [9.17, 15) is 0 Å². The fourth-order valence-electron chi connectivity index (χ4n) is 1.62. The number of imidazole rings is 1. The molecule has 0 bridgehead atoms. The van der Waals surface area contributed by atoms with Gasteiger partial charge in [-0.3, -0.25) is 0 Å². The van der Waals surface area contributed by atoms with E-state index in [2.05, 4.69) is 21.9 Å². The summed E-state index contributed by atoms with van der Waals surface area (Å²) < 4.78 is 2.03. The maximum atomic E-state index is 5.77. The highest BCUT2D eigenvalue weighted by Gasteiger charge is 2.11. The molecule has 0 aromatic carbocycles. The lowest BCUT2D eigenvalue weighted by atomic mass is 10.1. The summed E-state index contributed by atoms with van der Waals surface area (Å²) >= 11 is 0. The number of anilines is 1. The Hall–Kier alpha value is -1.59. The SMILES string of the molecule is Bc1nc(N)c2nc(C)n(CC)c2n1. The molecule has 14 heavy (non-hydrogen) atoms. The number of aryl methyl sites for hydroxylation is 2. The minimum atomic E-state index is 0.461. The second-order valence-electron chi connectivity index (χ2n) is 3.23. The van der Waals surface area contributed by atoms with E-state index < -0.39 is 0 Å². The lowest BCUT2D eigenvalue weighted by Gasteiger charge is -2.01. The molecule has 72 valence electrons.